The second-order valence-electron chi connectivity index (χ2n) is 6.09. The summed E-state index contributed by atoms with van der Waals surface area (Å²) in [5.74, 6) is 0. The van der Waals surface area contributed by atoms with Gasteiger partial charge < -0.3 is 0 Å². The Hall–Kier alpha value is -1.24. The first-order valence-corrected chi connectivity index (χ1v) is 10.1. The normalized spacial score (nSPS) is 34.6. The molecule has 0 aromatic heterocycles. The van der Waals surface area contributed by atoms with Crippen LogP contribution in [0.25, 0.3) is 0 Å². The van der Waals surface area contributed by atoms with Crippen molar-refractivity contribution in [2.24, 2.45) is 0 Å². The predicted octanol–water partition coefficient (Wildman–Crippen LogP) is 0.577. The molecule has 2 heterocycles. The molecule has 6 heteroatoms. The van der Waals surface area contributed by atoms with Crippen molar-refractivity contribution in [3.63, 3.8) is 0 Å². The Balaban J connectivity index is 1.53. The Morgan fingerprint density at radius 1 is 0.840 bits per heavy atom. The molecule has 5 nitrogen and oxygen atoms in total. The Morgan fingerprint density at radius 3 is 2.16 bits per heavy atom. The molecule has 2 saturated heterocycles. The zero-order chi connectivity index (χ0) is 17.2. The van der Waals surface area contributed by atoms with Crippen LogP contribution in [-0.2, 0) is 14.2 Å². The number of benzene rings is 2. The minimum absolute atomic E-state index is 0.0900. The molecular formula is C19H20O5Se. The van der Waals surface area contributed by atoms with Gasteiger partial charge in [0, 0.05) is 0 Å². The third-order valence-electron chi connectivity index (χ3n) is 4.42. The Bertz CT molecular complexity index is 683. The van der Waals surface area contributed by atoms with Crippen molar-refractivity contribution in [3.05, 3.63) is 66.2 Å². The summed E-state index contributed by atoms with van der Waals surface area (Å²) in [6.07, 6.45) is -2.83. The first kappa shape index (κ1) is 17.2. The first-order valence-electron chi connectivity index (χ1n) is 8.28. The van der Waals surface area contributed by atoms with Crippen LogP contribution in [0.1, 0.15) is 11.9 Å². The Labute approximate surface area is 152 Å². The molecule has 0 aliphatic carbocycles. The van der Waals surface area contributed by atoms with Gasteiger partial charge >= 0.3 is 152 Å². The Morgan fingerprint density at radius 2 is 1.48 bits per heavy atom. The van der Waals surface area contributed by atoms with Crippen molar-refractivity contribution in [2.75, 3.05) is 6.61 Å². The summed E-state index contributed by atoms with van der Waals surface area (Å²) in [5.41, 5.74) is 0.894. The van der Waals surface area contributed by atoms with Gasteiger partial charge in [0.05, 0.1) is 0 Å². The second kappa shape index (κ2) is 7.56. The van der Waals surface area contributed by atoms with Gasteiger partial charge in [-0.25, -0.2) is 0 Å². The molecule has 2 aliphatic heterocycles. The molecule has 2 aromatic rings. The van der Waals surface area contributed by atoms with Crippen LogP contribution in [-0.4, -0.2) is 61.2 Å². The number of aliphatic hydroxyl groups excluding tert-OH is 2. The molecule has 0 bridgehead atoms. The average molecular weight is 407 g/mol. The van der Waals surface area contributed by atoms with Gasteiger partial charge in [0.25, 0.3) is 0 Å². The van der Waals surface area contributed by atoms with Crippen LogP contribution in [0.5, 0.6) is 0 Å². The van der Waals surface area contributed by atoms with Crippen molar-refractivity contribution in [3.8, 4) is 0 Å². The third-order valence-corrected chi connectivity index (χ3v) is 6.87. The molecule has 0 spiro atoms. The molecular weight excluding hydrogens is 387 g/mol. The summed E-state index contributed by atoms with van der Waals surface area (Å²) in [6.45, 7) is -0.167. The summed E-state index contributed by atoms with van der Waals surface area (Å²) in [4.78, 5) is 0. The number of fused-ring (bicyclic) bond motifs is 1. The van der Waals surface area contributed by atoms with Crippen LogP contribution in [0.3, 0.4) is 0 Å². The van der Waals surface area contributed by atoms with Gasteiger partial charge in [-0.1, -0.05) is 0 Å². The third kappa shape index (κ3) is 3.52. The number of ether oxygens (including phenoxy) is 3. The van der Waals surface area contributed by atoms with Gasteiger partial charge in [-0.3, -0.25) is 0 Å². The van der Waals surface area contributed by atoms with Crippen LogP contribution in [0.4, 0.5) is 0 Å². The zero-order valence-electron chi connectivity index (χ0n) is 13.5. The van der Waals surface area contributed by atoms with Crippen LogP contribution >= 0.6 is 0 Å². The standard InChI is InChI=1S/C19H20O5Se/c20-11-14-16-17(24-18(23-16)12-7-3-1-4-8-12)15(21)19(22-14)25-13-9-5-2-6-10-13/h1-10,14-21H,11H2/t14-,15-,16+,17-,18-,19+/m1/s1. The van der Waals surface area contributed by atoms with Crippen molar-refractivity contribution >= 4 is 19.4 Å². The molecule has 2 aromatic carbocycles. The van der Waals surface area contributed by atoms with E-state index in [1.165, 1.54) is 0 Å². The van der Waals surface area contributed by atoms with Crippen LogP contribution in [0.15, 0.2) is 60.7 Å². The molecule has 0 amide bonds. The molecule has 25 heavy (non-hydrogen) atoms. The monoisotopic (exact) mass is 408 g/mol. The van der Waals surface area contributed by atoms with E-state index in [0.717, 1.165) is 10.0 Å². The fourth-order valence-corrected chi connectivity index (χ4v) is 5.43. The first-order chi connectivity index (χ1) is 12.3. The van der Waals surface area contributed by atoms with E-state index in [2.05, 4.69) is 0 Å². The van der Waals surface area contributed by atoms with E-state index in [1.54, 1.807) is 0 Å². The molecule has 2 fully saturated rings. The second-order valence-corrected chi connectivity index (χ2v) is 8.55. The fraction of sp³-hybridized carbons (Fsp3) is 0.368. The maximum absolute atomic E-state index is 10.8. The fourth-order valence-electron chi connectivity index (χ4n) is 3.18. The van der Waals surface area contributed by atoms with E-state index in [4.69, 9.17) is 14.2 Å². The van der Waals surface area contributed by atoms with Crippen molar-refractivity contribution in [1.82, 2.24) is 0 Å². The van der Waals surface area contributed by atoms with Gasteiger partial charge in [0.2, 0.25) is 0 Å². The van der Waals surface area contributed by atoms with Gasteiger partial charge in [0.15, 0.2) is 0 Å². The van der Waals surface area contributed by atoms with Crippen molar-refractivity contribution in [1.29, 1.82) is 0 Å². The van der Waals surface area contributed by atoms with Crippen LogP contribution < -0.4 is 4.46 Å². The number of rotatable bonds is 4. The van der Waals surface area contributed by atoms with Gasteiger partial charge in [-0.05, 0) is 0 Å². The molecule has 132 valence electrons. The van der Waals surface area contributed by atoms with Gasteiger partial charge in [-0.15, -0.1) is 0 Å². The van der Waals surface area contributed by atoms with Crippen molar-refractivity contribution in [2.45, 2.75) is 35.7 Å². The summed E-state index contributed by atoms with van der Waals surface area (Å²) in [5, 5.41) is 20.1. The molecule has 0 saturated carbocycles. The minimum atomic E-state index is -0.790. The van der Waals surface area contributed by atoms with E-state index in [9.17, 15) is 10.2 Å². The van der Waals surface area contributed by atoms with E-state index < -0.39 is 30.7 Å². The molecule has 0 unspecified atom stereocenters. The molecule has 0 radical (unpaired) electrons. The number of aliphatic hydroxyl groups is 2. The summed E-state index contributed by atoms with van der Waals surface area (Å²) in [6, 6.07) is 19.6. The molecule has 2 N–H and O–H groups in total. The molecule has 6 atom stereocenters. The van der Waals surface area contributed by atoms with Gasteiger partial charge in [-0.2, -0.15) is 0 Å². The summed E-state index contributed by atoms with van der Waals surface area (Å²) >= 11 is -0.0900. The SMILES string of the molecule is OC[C@H]1O[C@@H]([Se]c2ccccc2)[C@H](O)[C@H]2O[C@H](c3ccccc3)O[C@H]21. The zero-order valence-corrected chi connectivity index (χ0v) is 15.2. The van der Waals surface area contributed by atoms with E-state index in [0.29, 0.717) is 0 Å². The van der Waals surface area contributed by atoms with E-state index in [1.807, 2.05) is 60.7 Å². The number of hydrogen-bond acceptors (Lipinski definition) is 5. The van der Waals surface area contributed by atoms with Crippen molar-refractivity contribution < 1.29 is 24.4 Å². The van der Waals surface area contributed by atoms with Crippen LogP contribution in [0, 0.1) is 0 Å². The van der Waals surface area contributed by atoms with Gasteiger partial charge in [0.1, 0.15) is 0 Å². The quantitative estimate of drug-likeness (QED) is 0.726. The predicted molar refractivity (Wildman–Crippen MR) is 92.5 cm³/mol. The van der Waals surface area contributed by atoms with E-state index >= 15 is 0 Å². The average Bonchev–Trinajstić information content (AvgIpc) is 3.11. The summed E-state index contributed by atoms with van der Waals surface area (Å²) < 4.78 is 19.1. The number of hydrogen-bond donors (Lipinski definition) is 2. The molecule has 2 aliphatic rings. The molecule has 4 rings (SSSR count). The summed E-state index contributed by atoms with van der Waals surface area (Å²) in [7, 11) is 0. The van der Waals surface area contributed by atoms with Crippen LogP contribution in [0.2, 0.25) is 0 Å². The van der Waals surface area contributed by atoms with E-state index in [-0.39, 0.29) is 26.6 Å². The topological polar surface area (TPSA) is 68.2 Å². The Kier molecular flexibility index (Phi) is 5.20. The maximum atomic E-state index is 10.8.